The zero-order valence-electron chi connectivity index (χ0n) is 18.3. The lowest BCUT2D eigenvalue weighted by Gasteiger charge is -2.27. The summed E-state index contributed by atoms with van der Waals surface area (Å²) in [6.45, 7) is 6.16. The van der Waals surface area contributed by atoms with E-state index in [1.54, 1.807) is 27.4 Å². The molecule has 1 heterocycles. The number of phenolic OH excluding ortho intramolecular Hbond substituents is 1. The van der Waals surface area contributed by atoms with Crippen molar-refractivity contribution in [2.45, 2.75) is 33.2 Å². The van der Waals surface area contributed by atoms with E-state index >= 15 is 0 Å². The Morgan fingerprint density at radius 3 is 2.23 bits per heavy atom. The number of methoxy groups -OCH3 is 3. The molecule has 0 radical (unpaired) electrons. The largest absolute Gasteiger partial charge is 0.507 e. The van der Waals surface area contributed by atoms with Crippen LogP contribution >= 0.6 is 0 Å². The molecule has 0 unspecified atom stereocenters. The monoisotopic (exact) mass is 405 g/mol. The van der Waals surface area contributed by atoms with Gasteiger partial charge in [-0.1, -0.05) is 6.07 Å². The number of hydrogen-bond donors (Lipinski definition) is 1. The first-order chi connectivity index (χ1) is 14.4. The average Bonchev–Trinajstić information content (AvgIpc) is 2.72. The van der Waals surface area contributed by atoms with Crippen molar-refractivity contribution in [1.29, 1.82) is 0 Å². The van der Waals surface area contributed by atoms with Crippen LogP contribution in [-0.2, 0) is 6.42 Å². The highest BCUT2D eigenvalue weighted by Gasteiger charge is 2.28. The molecule has 5 nitrogen and oxygen atoms in total. The summed E-state index contributed by atoms with van der Waals surface area (Å²) in [5.41, 5.74) is 6.18. The third-order valence-electron chi connectivity index (χ3n) is 5.76. The SMILES string of the molecule is COc1cc(OC)c(-c2ccc(O)c3c(OC)cc(C)cc23)c2c1C(C)=N[C@H](C)C2. The zero-order chi connectivity index (χ0) is 21.6. The fourth-order valence-corrected chi connectivity index (χ4v) is 4.58. The van der Waals surface area contributed by atoms with Gasteiger partial charge in [0, 0.05) is 22.9 Å². The molecule has 0 amide bonds. The molecule has 4 rings (SSSR count). The van der Waals surface area contributed by atoms with Crippen molar-refractivity contribution in [2.75, 3.05) is 21.3 Å². The van der Waals surface area contributed by atoms with Gasteiger partial charge in [-0.3, -0.25) is 4.99 Å². The van der Waals surface area contributed by atoms with Gasteiger partial charge in [0.2, 0.25) is 0 Å². The molecule has 0 aliphatic carbocycles. The molecule has 0 bridgehead atoms. The van der Waals surface area contributed by atoms with E-state index in [9.17, 15) is 5.11 Å². The molecule has 0 fully saturated rings. The van der Waals surface area contributed by atoms with E-state index in [0.717, 1.165) is 56.8 Å². The van der Waals surface area contributed by atoms with Crippen LogP contribution in [0.15, 0.2) is 35.3 Å². The number of aromatic hydroxyl groups is 1. The van der Waals surface area contributed by atoms with Crippen LogP contribution in [0, 0.1) is 6.92 Å². The van der Waals surface area contributed by atoms with E-state index in [0.29, 0.717) is 11.1 Å². The topological polar surface area (TPSA) is 60.3 Å². The third-order valence-corrected chi connectivity index (χ3v) is 5.76. The van der Waals surface area contributed by atoms with E-state index in [1.165, 1.54) is 0 Å². The second-order valence-electron chi connectivity index (χ2n) is 7.80. The zero-order valence-corrected chi connectivity index (χ0v) is 18.3. The number of benzene rings is 3. The molecule has 3 aromatic carbocycles. The fraction of sp³-hybridized carbons (Fsp3) is 0.320. The highest BCUT2D eigenvalue weighted by molar-refractivity contribution is 6.09. The number of phenols is 1. The summed E-state index contributed by atoms with van der Waals surface area (Å²) in [4.78, 5) is 4.78. The Balaban J connectivity index is 2.16. The highest BCUT2D eigenvalue weighted by atomic mass is 16.5. The van der Waals surface area contributed by atoms with E-state index < -0.39 is 0 Å². The number of aliphatic imine (C=N–C) groups is 1. The predicted octanol–water partition coefficient (Wildman–Crippen LogP) is 5.30. The first-order valence-electron chi connectivity index (χ1n) is 10.0. The summed E-state index contributed by atoms with van der Waals surface area (Å²) in [6.07, 6.45) is 0.779. The lowest BCUT2D eigenvalue weighted by Crippen LogP contribution is -2.19. The van der Waals surface area contributed by atoms with Gasteiger partial charge in [-0.15, -0.1) is 0 Å². The molecule has 0 spiro atoms. The van der Waals surface area contributed by atoms with Gasteiger partial charge >= 0.3 is 0 Å². The number of hydrogen-bond acceptors (Lipinski definition) is 5. The molecule has 5 heteroatoms. The van der Waals surface area contributed by atoms with Crippen LogP contribution in [0.2, 0.25) is 0 Å². The minimum absolute atomic E-state index is 0.160. The number of nitrogens with zero attached hydrogens (tertiary/aromatic N) is 1. The average molecular weight is 405 g/mol. The number of aryl methyl sites for hydroxylation is 1. The van der Waals surface area contributed by atoms with Gasteiger partial charge in [-0.05, 0) is 67.5 Å². The van der Waals surface area contributed by atoms with E-state index in [2.05, 4.69) is 13.0 Å². The van der Waals surface area contributed by atoms with E-state index in [1.807, 2.05) is 32.0 Å². The quantitative estimate of drug-likeness (QED) is 0.640. The van der Waals surface area contributed by atoms with Crippen molar-refractivity contribution in [3.05, 3.63) is 47.0 Å². The van der Waals surface area contributed by atoms with Crippen molar-refractivity contribution in [1.82, 2.24) is 0 Å². The van der Waals surface area contributed by atoms with Crippen molar-refractivity contribution in [2.24, 2.45) is 4.99 Å². The summed E-state index contributed by atoms with van der Waals surface area (Å²) in [7, 11) is 4.97. The number of rotatable bonds is 4. The van der Waals surface area contributed by atoms with Gasteiger partial charge in [0.15, 0.2) is 0 Å². The van der Waals surface area contributed by atoms with Gasteiger partial charge in [0.1, 0.15) is 23.0 Å². The van der Waals surface area contributed by atoms with Crippen LogP contribution in [-0.4, -0.2) is 38.2 Å². The lowest BCUT2D eigenvalue weighted by molar-refractivity contribution is 0.393. The summed E-state index contributed by atoms with van der Waals surface area (Å²) in [5.74, 6) is 2.34. The molecular weight excluding hydrogens is 378 g/mol. The van der Waals surface area contributed by atoms with Gasteiger partial charge in [-0.25, -0.2) is 0 Å². The normalized spacial score (nSPS) is 15.5. The molecule has 3 aromatic rings. The fourth-order valence-electron chi connectivity index (χ4n) is 4.58. The molecular formula is C25H27NO4. The Labute approximate surface area is 176 Å². The molecule has 1 aliphatic heterocycles. The van der Waals surface area contributed by atoms with E-state index in [4.69, 9.17) is 19.2 Å². The van der Waals surface area contributed by atoms with Crippen molar-refractivity contribution in [3.8, 4) is 34.1 Å². The summed E-state index contributed by atoms with van der Waals surface area (Å²) in [5, 5.41) is 12.2. The highest BCUT2D eigenvalue weighted by Crippen LogP contribution is 2.47. The smallest absolute Gasteiger partial charge is 0.131 e. The number of ether oxygens (including phenoxy) is 3. The Morgan fingerprint density at radius 1 is 0.900 bits per heavy atom. The molecule has 1 N–H and O–H groups in total. The Hall–Kier alpha value is -3.21. The maximum Gasteiger partial charge on any atom is 0.131 e. The Kier molecular flexibility index (Phi) is 5.06. The van der Waals surface area contributed by atoms with Gasteiger partial charge in [0.25, 0.3) is 0 Å². The first-order valence-corrected chi connectivity index (χ1v) is 10.0. The minimum atomic E-state index is 0.160. The van der Waals surface area contributed by atoms with Crippen LogP contribution < -0.4 is 14.2 Å². The molecule has 0 saturated heterocycles. The van der Waals surface area contributed by atoms with Crippen LogP contribution in [0.1, 0.15) is 30.5 Å². The number of fused-ring (bicyclic) bond motifs is 2. The molecule has 30 heavy (non-hydrogen) atoms. The molecule has 0 aromatic heterocycles. The van der Waals surface area contributed by atoms with Crippen LogP contribution in [0.25, 0.3) is 21.9 Å². The summed E-state index contributed by atoms with van der Waals surface area (Å²) < 4.78 is 17.1. The van der Waals surface area contributed by atoms with Gasteiger partial charge in [-0.2, -0.15) is 0 Å². The maximum atomic E-state index is 10.6. The van der Waals surface area contributed by atoms with Crippen LogP contribution in [0.4, 0.5) is 0 Å². The summed E-state index contributed by atoms with van der Waals surface area (Å²) >= 11 is 0. The predicted molar refractivity (Wildman–Crippen MR) is 121 cm³/mol. The minimum Gasteiger partial charge on any atom is -0.507 e. The first kappa shape index (κ1) is 20.1. The molecule has 1 atom stereocenters. The van der Waals surface area contributed by atoms with Crippen molar-refractivity contribution >= 4 is 16.5 Å². The molecule has 0 saturated carbocycles. The van der Waals surface area contributed by atoms with Gasteiger partial charge in [0.05, 0.1) is 32.8 Å². The maximum absolute atomic E-state index is 10.6. The second kappa shape index (κ2) is 7.56. The Bertz CT molecular complexity index is 1180. The van der Waals surface area contributed by atoms with E-state index in [-0.39, 0.29) is 11.8 Å². The van der Waals surface area contributed by atoms with Crippen molar-refractivity contribution in [3.63, 3.8) is 0 Å². The molecule has 156 valence electrons. The van der Waals surface area contributed by atoms with Crippen molar-refractivity contribution < 1.29 is 19.3 Å². The second-order valence-corrected chi connectivity index (χ2v) is 7.80. The molecule has 1 aliphatic rings. The van der Waals surface area contributed by atoms with Gasteiger partial charge < -0.3 is 19.3 Å². The van der Waals surface area contributed by atoms with Crippen LogP contribution in [0.3, 0.4) is 0 Å². The third kappa shape index (κ3) is 3.05. The lowest BCUT2D eigenvalue weighted by atomic mass is 9.84. The van der Waals surface area contributed by atoms with Crippen LogP contribution in [0.5, 0.6) is 23.0 Å². The Morgan fingerprint density at radius 2 is 1.57 bits per heavy atom. The summed E-state index contributed by atoms with van der Waals surface area (Å²) in [6, 6.07) is 9.77. The standard InChI is InChI=1S/C25H27NO4/c1-13-9-17-16(7-8-19(27)25(17)20(10-13)28-4)24-18-11-14(2)26-15(3)23(18)21(29-5)12-22(24)30-6/h7-10,12,14,27H,11H2,1-6H3/t14-/m1/s1.